The fourth-order valence-corrected chi connectivity index (χ4v) is 2.39. The van der Waals surface area contributed by atoms with Crippen LogP contribution in [0.3, 0.4) is 0 Å². The molecule has 1 atom stereocenters. The normalized spacial score (nSPS) is 19.7. The summed E-state index contributed by atoms with van der Waals surface area (Å²) in [4.78, 5) is 0.312. The van der Waals surface area contributed by atoms with E-state index in [0.717, 1.165) is 17.7 Å². The van der Waals surface area contributed by atoms with Gasteiger partial charge < -0.3 is 10.4 Å². The standard InChI is InChI=1S/C10H13NO3S/c1-15(13,14)9-3-2-7-4-8(6-12)11-10(7)5-9/h2-3,5,8,11-12H,4,6H2,1H3. The molecule has 0 amide bonds. The number of sulfone groups is 1. The van der Waals surface area contributed by atoms with E-state index in [1.165, 1.54) is 6.26 Å². The van der Waals surface area contributed by atoms with Gasteiger partial charge in [0.05, 0.1) is 17.5 Å². The van der Waals surface area contributed by atoms with E-state index >= 15 is 0 Å². The summed E-state index contributed by atoms with van der Waals surface area (Å²) in [5.41, 5.74) is 1.87. The van der Waals surface area contributed by atoms with E-state index in [9.17, 15) is 8.42 Å². The van der Waals surface area contributed by atoms with Gasteiger partial charge in [0, 0.05) is 11.9 Å². The molecule has 1 aromatic carbocycles. The fourth-order valence-electron chi connectivity index (χ4n) is 1.75. The van der Waals surface area contributed by atoms with Crippen molar-refractivity contribution in [2.24, 2.45) is 0 Å². The molecular formula is C10H13NO3S. The maximum atomic E-state index is 11.3. The smallest absolute Gasteiger partial charge is 0.175 e. The number of rotatable bonds is 2. The summed E-state index contributed by atoms with van der Waals surface area (Å²) in [5, 5.41) is 12.1. The average Bonchev–Trinajstić information content (AvgIpc) is 2.57. The lowest BCUT2D eigenvalue weighted by atomic mass is 10.1. The topological polar surface area (TPSA) is 66.4 Å². The maximum Gasteiger partial charge on any atom is 0.175 e. The molecule has 2 rings (SSSR count). The molecular weight excluding hydrogens is 214 g/mol. The largest absolute Gasteiger partial charge is 0.394 e. The minimum Gasteiger partial charge on any atom is -0.394 e. The average molecular weight is 227 g/mol. The highest BCUT2D eigenvalue weighted by Gasteiger charge is 2.21. The molecule has 2 N–H and O–H groups in total. The summed E-state index contributed by atoms with van der Waals surface area (Å²) in [5.74, 6) is 0. The summed E-state index contributed by atoms with van der Waals surface area (Å²) in [6, 6.07) is 5.04. The van der Waals surface area contributed by atoms with Crippen LogP contribution < -0.4 is 5.32 Å². The lowest BCUT2D eigenvalue weighted by Gasteiger charge is -2.06. The van der Waals surface area contributed by atoms with E-state index in [4.69, 9.17) is 5.11 Å². The van der Waals surface area contributed by atoms with Gasteiger partial charge in [0.1, 0.15) is 0 Å². The van der Waals surface area contributed by atoms with Crippen molar-refractivity contribution in [1.29, 1.82) is 0 Å². The first-order valence-corrected chi connectivity index (χ1v) is 6.60. The molecule has 0 bridgehead atoms. The highest BCUT2D eigenvalue weighted by Crippen LogP contribution is 2.28. The minimum absolute atomic E-state index is 0.00908. The third-order valence-corrected chi connectivity index (χ3v) is 3.67. The quantitative estimate of drug-likeness (QED) is 0.768. The molecule has 0 aromatic heterocycles. The fraction of sp³-hybridized carbons (Fsp3) is 0.400. The number of hydrogen-bond acceptors (Lipinski definition) is 4. The second kappa shape index (κ2) is 3.50. The SMILES string of the molecule is CS(=O)(=O)c1ccc2c(c1)NC(CO)C2. The van der Waals surface area contributed by atoms with Gasteiger partial charge in [0.2, 0.25) is 0 Å². The van der Waals surface area contributed by atoms with Gasteiger partial charge in [-0.1, -0.05) is 6.07 Å². The van der Waals surface area contributed by atoms with Crippen molar-refractivity contribution in [2.75, 3.05) is 18.2 Å². The second-order valence-electron chi connectivity index (χ2n) is 3.82. The van der Waals surface area contributed by atoms with E-state index in [1.807, 2.05) is 0 Å². The summed E-state index contributed by atoms with van der Waals surface area (Å²) < 4.78 is 22.6. The van der Waals surface area contributed by atoms with E-state index in [0.29, 0.717) is 4.90 Å². The van der Waals surface area contributed by atoms with Crippen molar-refractivity contribution in [2.45, 2.75) is 17.4 Å². The van der Waals surface area contributed by atoms with Gasteiger partial charge >= 0.3 is 0 Å². The molecule has 1 aromatic rings. The lowest BCUT2D eigenvalue weighted by molar-refractivity contribution is 0.277. The molecule has 0 radical (unpaired) electrons. The monoisotopic (exact) mass is 227 g/mol. The number of anilines is 1. The predicted octanol–water partition coefficient (Wildman–Crippen LogP) is 0.419. The van der Waals surface area contributed by atoms with Crippen LogP contribution in [0.2, 0.25) is 0 Å². The van der Waals surface area contributed by atoms with Crippen LogP contribution in [-0.2, 0) is 16.3 Å². The number of aliphatic hydroxyl groups is 1. The number of hydrogen-bond donors (Lipinski definition) is 2. The molecule has 0 spiro atoms. The van der Waals surface area contributed by atoms with Crippen LogP contribution in [0, 0.1) is 0 Å². The first kappa shape index (κ1) is 10.4. The van der Waals surface area contributed by atoms with Crippen LogP contribution in [0.4, 0.5) is 5.69 Å². The number of benzene rings is 1. The Hall–Kier alpha value is -1.07. The molecule has 1 aliphatic rings. The number of nitrogens with one attached hydrogen (secondary N) is 1. The molecule has 0 saturated carbocycles. The molecule has 0 aliphatic carbocycles. The second-order valence-corrected chi connectivity index (χ2v) is 5.83. The summed E-state index contributed by atoms with van der Waals surface area (Å²) in [6.07, 6.45) is 1.93. The first-order valence-electron chi connectivity index (χ1n) is 4.71. The molecule has 0 saturated heterocycles. The van der Waals surface area contributed by atoms with Crippen LogP contribution in [0.15, 0.2) is 23.1 Å². The zero-order valence-electron chi connectivity index (χ0n) is 8.40. The van der Waals surface area contributed by atoms with Gasteiger partial charge in [0.25, 0.3) is 0 Å². The molecule has 0 fully saturated rings. The Bertz CT molecular complexity index is 481. The van der Waals surface area contributed by atoms with Crippen molar-refractivity contribution < 1.29 is 13.5 Å². The van der Waals surface area contributed by atoms with Crippen molar-refractivity contribution in [1.82, 2.24) is 0 Å². The molecule has 4 nitrogen and oxygen atoms in total. The Morgan fingerprint density at radius 1 is 1.53 bits per heavy atom. The van der Waals surface area contributed by atoms with Crippen LogP contribution in [0.25, 0.3) is 0 Å². The van der Waals surface area contributed by atoms with Gasteiger partial charge in [-0.05, 0) is 24.1 Å². The zero-order chi connectivity index (χ0) is 11.1. The Labute approximate surface area is 88.9 Å². The molecule has 15 heavy (non-hydrogen) atoms. The Balaban J connectivity index is 2.39. The van der Waals surface area contributed by atoms with E-state index in [-0.39, 0.29) is 12.6 Å². The summed E-state index contributed by atoms with van der Waals surface area (Å²) in [7, 11) is -3.15. The summed E-state index contributed by atoms with van der Waals surface area (Å²) >= 11 is 0. The molecule has 1 heterocycles. The highest BCUT2D eigenvalue weighted by atomic mass is 32.2. The van der Waals surface area contributed by atoms with Crippen molar-refractivity contribution in [3.8, 4) is 0 Å². The van der Waals surface area contributed by atoms with Crippen LogP contribution >= 0.6 is 0 Å². The van der Waals surface area contributed by atoms with Crippen molar-refractivity contribution >= 4 is 15.5 Å². The number of fused-ring (bicyclic) bond motifs is 1. The van der Waals surface area contributed by atoms with Gasteiger partial charge in [-0.3, -0.25) is 0 Å². The Morgan fingerprint density at radius 3 is 2.87 bits per heavy atom. The number of aliphatic hydroxyl groups excluding tert-OH is 1. The first-order chi connectivity index (χ1) is 7.00. The Kier molecular flexibility index (Phi) is 2.44. The minimum atomic E-state index is -3.15. The van der Waals surface area contributed by atoms with Gasteiger partial charge in [-0.15, -0.1) is 0 Å². The highest BCUT2D eigenvalue weighted by molar-refractivity contribution is 7.90. The van der Waals surface area contributed by atoms with Gasteiger partial charge in [-0.25, -0.2) is 8.42 Å². The molecule has 82 valence electrons. The molecule has 1 aliphatic heterocycles. The van der Waals surface area contributed by atoms with E-state index < -0.39 is 9.84 Å². The predicted molar refractivity (Wildman–Crippen MR) is 57.8 cm³/mol. The van der Waals surface area contributed by atoms with Crippen molar-refractivity contribution in [3.63, 3.8) is 0 Å². The molecule has 5 heteroatoms. The zero-order valence-corrected chi connectivity index (χ0v) is 9.21. The third-order valence-electron chi connectivity index (χ3n) is 2.56. The van der Waals surface area contributed by atoms with E-state index in [1.54, 1.807) is 18.2 Å². The van der Waals surface area contributed by atoms with E-state index in [2.05, 4.69) is 5.32 Å². The maximum absolute atomic E-state index is 11.3. The van der Waals surface area contributed by atoms with Gasteiger partial charge in [0.15, 0.2) is 9.84 Å². The molecule has 1 unspecified atom stereocenters. The van der Waals surface area contributed by atoms with Crippen molar-refractivity contribution in [3.05, 3.63) is 23.8 Å². The summed E-state index contributed by atoms with van der Waals surface area (Å²) in [6.45, 7) is 0.0584. The third kappa shape index (κ3) is 1.98. The van der Waals surface area contributed by atoms with Gasteiger partial charge in [-0.2, -0.15) is 0 Å². The van der Waals surface area contributed by atoms with Crippen LogP contribution in [0.1, 0.15) is 5.56 Å². The van der Waals surface area contributed by atoms with Crippen LogP contribution in [-0.4, -0.2) is 32.4 Å². The van der Waals surface area contributed by atoms with Crippen LogP contribution in [0.5, 0.6) is 0 Å². The lowest BCUT2D eigenvalue weighted by Crippen LogP contribution is -2.19. The Morgan fingerprint density at radius 2 is 2.27 bits per heavy atom.